The Morgan fingerprint density at radius 3 is 2.49 bits per heavy atom. The maximum Gasteiger partial charge on any atom is 0.330 e. The second-order valence-electron chi connectivity index (χ2n) is 8.98. The Morgan fingerprint density at radius 2 is 1.86 bits per heavy atom. The summed E-state index contributed by atoms with van der Waals surface area (Å²) < 4.78 is 10.7. The number of aromatic nitrogens is 2. The number of hydrogen-bond donors (Lipinski definition) is 1. The van der Waals surface area contributed by atoms with Crippen molar-refractivity contribution in [2.75, 3.05) is 43.4 Å². The second-order valence-corrected chi connectivity index (χ2v) is 9.74. The highest BCUT2D eigenvalue weighted by atomic mass is 35.5. The first-order chi connectivity index (χ1) is 17.7. The number of ether oxygens (including phenoxy) is 2. The summed E-state index contributed by atoms with van der Waals surface area (Å²) in [5, 5.41) is 3.78. The van der Waals surface area contributed by atoms with E-state index >= 15 is 0 Å². The molecule has 0 spiro atoms. The van der Waals surface area contributed by atoms with E-state index in [1.54, 1.807) is 31.3 Å². The highest BCUT2D eigenvalue weighted by molar-refractivity contribution is 6.42. The van der Waals surface area contributed by atoms with Crippen LogP contribution in [0, 0.1) is 0 Å². The number of carbonyl (C=O) groups is 2. The Bertz CT molecular complexity index is 1200. The van der Waals surface area contributed by atoms with Gasteiger partial charge in [0.05, 0.1) is 32.5 Å². The monoisotopic (exact) mass is 548 g/mol. The fraction of sp³-hybridized carbons (Fsp3) is 0.440. The Balaban J connectivity index is 1.63. The van der Waals surface area contributed by atoms with Crippen molar-refractivity contribution < 1.29 is 19.1 Å². The molecule has 1 fully saturated rings. The van der Waals surface area contributed by atoms with Crippen LogP contribution in [0.4, 0.5) is 22.2 Å². The number of rotatable bonds is 7. The third-order valence-corrected chi connectivity index (χ3v) is 7.62. The lowest BCUT2D eigenvalue weighted by Gasteiger charge is -2.38. The highest BCUT2D eigenvalue weighted by Crippen LogP contribution is 2.47. The topological polar surface area (TPSA) is 100 Å². The van der Waals surface area contributed by atoms with Gasteiger partial charge in [-0.2, -0.15) is 4.98 Å². The predicted octanol–water partition coefficient (Wildman–Crippen LogP) is 4.74. The van der Waals surface area contributed by atoms with Crippen LogP contribution in [-0.4, -0.2) is 67.2 Å². The van der Waals surface area contributed by atoms with Gasteiger partial charge in [-0.1, -0.05) is 42.6 Å². The third kappa shape index (κ3) is 5.00. The number of nitrogens with zero attached hydrogens (tertiary/aromatic N) is 5. The van der Waals surface area contributed by atoms with E-state index in [1.807, 2.05) is 0 Å². The molecule has 2 unspecified atom stereocenters. The molecular weight excluding hydrogens is 519 g/mol. The van der Waals surface area contributed by atoms with Gasteiger partial charge in [0.25, 0.3) is 0 Å². The van der Waals surface area contributed by atoms with Crippen LogP contribution >= 0.6 is 23.2 Å². The van der Waals surface area contributed by atoms with E-state index in [0.29, 0.717) is 28.8 Å². The molecule has 0 saturated heterocycles. The van der Waals surface area contributed by atoms with E-state index in [2.05, 4.69) is 21.9 Å². The molecule has 198 valence electrons. The minimum atomic E-state index is -0.372. The van der Waals surface area contributed by atoms with Gasteiger partial charge in [0.15, 0.2) is 0 Å². The molecule has 1 saturated carbocycles. The van der Waals surface area contributed by atoms with Crippen molar-refractivity contribution in [2.45, 2.75) is 44.3 Å². The number of benzene rings is 1. The van der Waals surface area contributed by atoms with E-state index in [4.69, 9.17) is 32.7 Å². The fourth-order valence-corrected chi connectivity index (χ4v) is 5.58. The lowest BCUT2D eigenvalue weighted by atomic mass is 9.89. The molecule has 1 aliphatic heterocycles. The van der Waals surface area contributed by atoms with Crippen LogP contribution in [0.2, 0.25) is 10.0 Å². The summed E-state index contributed by atoms with van der Waals surface area (Å²) in [7, 11) is 6.36. The van der Waals surface area contributed by atoms with Gasteiger partial charge in [0.2, 0.25) is 11.9 Å². The summed E-state index contributed by atoms with van der Waals surface area (Å²) in [6.45, 7) is 3.75. The molecule has 1 N–H and O–H groups in total. The minimum Gasteiger partial charge on any atom is -0.495 e. The summed E-state index contributed by atoms with van der Waals surface area (Å²) in [6.07, 6.45) is 6.82. The van der Waals surface area contributed by atoms with E-state index in [9.17, 15) is 9.59 Å². The van der Waals surface area contributed by atoms with Crippen molar-refractivity contribution in [3.63, 3.8) is 0 Å². The number of fused-ring (bicyclic) bond motifs is 1. The average Bonchev–Trinajstić information content (AvgIpc) is 2.91. The van der Waals surface area contributed by atoms with Crippen molar-refractivity contribution in [2.24, 2.45) is 0 Å². The molecule has 1 aliphatic carbocycles. The molecule has 10 nitrogen and oxygen atoms in total. The number of hydrogen-bond acceptors (Lipinski definition) is 7. The Morgan fingerprint density at radius 1 is 1.22 bits per heavy atom. The molecule has 12 heteroatoms. The van der Waals surface area contributed by atoms with E-state index in [1.165, 1.54) is 30.1 Å². The Kier molecular flexibility index (Phi) is 7.99. The quantitative estimate of drug-likeness (QED) is 0.498. The van der Waals surface area contributed by atoms with Crippen LogP contribution in [0.15, 0.2) is 24.9 Å². The van der Waals surface area contributed by atoms with Gasteiger partial charge in [0, 0.05) is 38.0 Å². The molecule has 2 aliphatic rings. The zero-order valence-electron chi connectivity index (χ0n) is 21.3. The summed E-state index contributed by atoms with van der Waals surface area (Å²) in [5.41, 5.74) is 0.991. The first-order valence-electron chi connectivity index (χ1n) is 11.9. The van der Waals surface area contributed by atoms with Crippen LogP contribution in [-0.2, 0) is 11.3 Å². The SMILES string of the molecule is C=CC(=O)N(C)C1CCCCC1Nc1ncc2c(n1)N(C)C(=O)N(c1c(Cl)c(OC)cc(OC)c1Cl)C2. The summed E-state index contributed by atoms with van der Waals surface area (Å²) in [6, 6.07) is 1.16. The van der Waals surface area contributed by atoms with E-state index < -0.39 is 0 Å². The number of methoxy groups -OCH3 is 2. The largest absolute Gasteiger partial charge is 0.495 e. The van der Waals surface area contributed by atoms with Gasteiger partial charge >= 0.3 is 6.03 Å². The maximum absolute atomic E-state index is 13.5. The van der Waals surface area contributed by atoms with Crippen LogP contribution < -0.4 is 24.6 Å². The number of halogens is 2. The van der Waals surface area contributed by atoms with Gasteiger partial charge in [-0.05, 0) is 18.9 Å². The molecular formula is C25H30Cl2N6O4. The van der Waals surface area contributed by atoms with Gasteiger partial charge in [-0.3, -0.25) is 14.6 Å². The Hall–Kier alpha value is -3.24. The van der Waals surface area contributed by atoms with Crippen molar-refractivity contribution in [3.8, 4) is 11.5 Å². The summed E-state index contributed by atoms with van der Waals surface area (Å²) >= 11 is 13.1. The molecule has 1 aromatic carbocycles. The number of anilines is 3. The molecule has 2 aromatic rings. The number of likely N-dealkylation sites (N-methyl/N-ethyl adjacent to an activating group) is 1. The number of carbonyl (C=O) groups excluding carboxylic acids is 2. The lowest BCUT2D eigenvalue weighted by Crippen LogP contribution is -2.49. The molecule has 3 amide bonds. The minimum absolute atomic E-state index is 0.0129. The molecule has 0 radical (unpaired) electrons. The standard InChI is InChI=1S/C25H30Cl2N6O4/c1-6-19(34)31(2)16-10-8-7-9-15(16)29-24-28-12-14-13-33(25(35)32(3)23(14)30-24)22-20(26)17(36-4)11-18(37-5)21(22)27/h6,11-12,15-16H,1,7-10,13H2,2-5H3,(H,28,29,30). The second kappa shape index (κ2) is 11.0. The van der Waals surface area contributed by atoms with Crippen molar-refractivity contribution >= 4 is 52.6 Å². The van der Waals surface area contributed by atoms with Gasteiger partial charge in [-0.15, -0.1) is 0 Å². The van der Waals surface area contributed by atoms with Crippen LogP contribution in [0.25, 0.3) is 0 Å². The van der Waals surface area contributed by atoms with E-state index in [-0.39, 0.29) is 46.3 Å². The molecule has 1 aromatic heterocycles. The zero-order chi connectivity index (χ0) is 26.9. The molecule has 2 atom stereocenters. The van der Waals surface area contributed by atoms with Crippen LogP contribution in [0.5, 0.6) is 11.5 Å². The first-order valence-corrected chi connectivity index (χ1v) is 12.6. The van der Waals surface area contributed by atoms with Gasteiger partial charge in [0.1, 0.15) is 27.4 Å². The van der Waals surface area contributed by atoms with Crippen LogP contribution in [0.3, 0.4) is 0 Å². The molecule has 37 heavy (non-hydrogen) atoms. The number of amides is 3. The van der Waals surface area contributed by atoms with Gasteiger partial charge in [-0.25, -0.2) is 9.78 Å². The van der Waals surface area contributed by atoms with Crippen molar-refractivity contribution in [1.29, 1.82) is 0 Å². The normalized spacial score (nSPS) is 19.2. The maximum atomic E-state index is 13.5. The first kappa shape index (κ1) is 26.8. The predicted molar refractivity (Wildman–Crippen MR) is 144 cm³/mol. The Labute approximate surface area is 226 Å². The van der Waals surface area contributed by atoms with Crippen LogP contribution in [0.1, 0.15) is 31.2 Å². The smallest absolute Gasteiger partial charge is 0.330 e. The van der Waals surface area contributed by atoms with Crippen molar-refractivity contribution in [3.05, 3.63) is 40.5 Å². The van der Waals surface area contributed by atoms with Gasteiger partial charge < -0.3 is 19.7 Å². The number of urea groups is 1. The highest BCUT2D eigenvalue weighted by Gasteiger charge is 2.36. The van der Waals surface area contributed by atoms with E-state index in [0.717, 1.165) is 25.7 Å². The average molecular weight is 549 g/mol. The fourth-order valence-electron chi connectivity index (χ4n) is 4.88. The zero-order valence-corrected chi connectivity index (χ0v) is 22.8. The summed E-state index contributed by atoms with van der Waals surface area (Å²) in [4.78, 5) is 39.4. The van der Waals surface area contributed by atoms with Crippen molar-refractivity contribution in [1.82, 2.24) is 14.9 Å². The summed E-state index contributed by atoms with van der Waals surface area (Å²) in [5.74, 6) is 1.40. The molecule has 4 rings (SSSR count). The third-order valence-electron chi connectivity index (χ3n) is 6.89. The number of nitrogens with one attached hydrogen (secondary N) is 1. The molecule has 0 bridgehead atoms. The molecule has 2 heterocycles. The lowest BCUT2D eigenvalue weighted by molar-refractivity contribution is -0.127.